The predicted molar refractivity (Wildman–Crippen MR) is 108 cm³/mol. The molecule has 8 heteroatoms. The van der Waals surface area contributed by atoms with E-state index in [1.807, 2.05) is 0 Å². The van der Waals surface area contributed by atoms with Crippen molar-refractivity contribution in [2.75, 3.05) is 12.4 Å². The summed E-state index contributed by atoms with van der Waals surface area (Å²) in [7, 11) is 1.44. The van der Waals surface area contributed by atoms with Crippen molar-refractivity contribution in [3.8, 4) is 11.8 Å². The minimum Gasteiger partial charge on any atom is -0.495 e. The van der Waals surface area contributed by atoms with Gasteiger partial charge in [0, 0.05) is 10.0 Å². The molecule has 3 rings (SSSR count). The maximum absolute atomic E-state index is 12.6. The molecule has 0 saturated carbocycles. The monoisotopic (exact) mass is 414 g/mol. The van der Waals surface area contributed by atoms with E-state index in [4.69, 9.17) is 32.4 Å². The molecule has 0 spiro atoms. The minimum atomic E-state index is -0.728. The highest BCUT2D eigenvalue weighted by atomic mass is 35.5. The van der Waals surface area contributed by atoms with Gasteiger partial charge in [0.05, 0.1) is 23.7 Å². The number of hydrogen-bond acceptors (Lipinski definition) is 5. The van der Waals surface area contributed by atoms with Crippen molar-refractivity contribution in [3.05, 3.63) is 74.1 Å². The van der Waals surface area contributed by atoms with Crippen molar-refractivity contribution in [3.63, 3.8) is 0 Å². The summed E-state index contributed by atoms with van der Waals surface area (Å²) in [6.07, 6.45) is 2.34. The first-order valence-electron chi connectivity index (χ1n) is 7.90. The molecule has 0 atom stereocenters. The third-order valence-corrected chi connectivity index (χ3v) is 4.31. The second kappa shape index (κ2) is 8.17. The number of nitrogens with one attached hydrogen (secondary N) is 1. The van der Waals surface area contributed by atoms with Gasteiger partial charge in [-0.15, -0.1) is 0 Å². The third-order valence-electron chi connectivity index (χ3n) is 3.84. The molecule has 0 radical (unpaired) electrons. The molecule has 2 aromatic carbocycles. The first-order valence-corrected chi connectivity index (χ1v) is 8.66. The molecule has 1 aromatic heterocycles. The number of rotatable bonds is 4. The van der Waals surface area contributed by atoms with Gasteiger partial charge in [-0.3, -0.25) is 9.59 Å². The van der Waals surface area contributed by atoms with Crippen LogP contribution in [0.1, 0.15) is 5.56 Å². The number of benzene rings is 2. The number of halogens is 2. The maximum atomic E-state index is 12.6. The summed E-state index contributed by atoms with van der Waals surface area (Å²) >= 11 is 11.9. The van der Waals surface area contributed by atoms with Gasteiger partial charge in [-0.1, -0.05) is 23.2 Å². The first kappa shape index (κ1) is 19.5. The zero-order chi connectivity index (χ0) is 20.3. The summed E-state index contributed by atoms with van der Waals surface area (Å²) in [6, 6.07) is 11.1. The lowest BCUT2D eigenvalue weighted by molar-refractivity contribution is -0.112. The Morgan fingerprint density at radius 2 is 1.93 bits per heavy atom. The Hall–Kier alpha value is -3.27. The van der Waals surface area contributed by atoms with Crippen molar-refractivity contribution < 1.29 is 13.9 Å². The molecule has 0 unspecified atom stereocenters. The van der Waals surface area contributed by atoms with Gasteiger partial charge in [0.1, 0.15) is 29.2 Å². The molecule has 28 heavy (non-hydrogen) atoms. The summed E-state index contributed by atoms with van der Waals surface area (Å²) in [4.78, 5) is 25.1. The quantitative estimate of drug-likeness (QED) is 0.495. The number of anilines is 1. The van der Waals surface area contributed by atoms with Gasteiger partial charge in [0.15, 0.2) is 5.43 Å². The molecular weight excluding hydrogens is 403 g/mol. The van der Waals surface area contributed by atoms with Crippen LogP contribution in [0.15, 0.2) is 57.4 Å². The van der Waals surface area contributed by atoms with Crippen LogP contribution in [0, 0.1) is 11.3 Å². The van der Waals surface area contributed by atoms with Crippen LogP contribution in [0.2, 0.25) is 10.0 Å². The summed E-state index contributed by atoms with van der Waals surface area (Å²) in [6.45, 7) is 0. The minimum absolute atomic E-state index is 0.0412. The number of hydrogen-bond donors (Lipinski definition) is 1. The van der Waals surface area contributed by atoms with Crippen LogP contribution in [-0.2, 0) is 4.79 Å². The molecule has 0 saturated heterocycles. The Bertz CT molecular complexity index is 1210. The van der Waals surface area contributed by atoms with Gasteiger partial charge in [-0.25, -0.2) is 0 Å². The van der Waals surface area contributed by atoms with Gasteiger partial charge in [0.2, 0.25) is 0 Å². The Labute approximate surface area is 169 Å². The fourth-order valence-corrected chi connectivity index (χ4v) is 2.83. The molecule has 140 valence electrons. The average molecular weight is 415 g/mol. The summed E-state index contributed by atoms with van der Waals surface area (Å²) < 4.78 is 10.6. The number of nitrogens with zero attached hydrogens (tertiary/aromatic N) is 1. The van der Waals surface area contributed by atoms with E-state index in [-0.39, 0.29) is 16.5 Å². The number of carbonyl (C=O) groups excluding carboxylic acids is 1. The van der Waals surface area contributed by atoms with Crippen LogP contribution in [0.4, 0.5) is 5.69 Å². The van der Waals surface area contributed by atoms with E-state index < -0.39 is 11.3 Å². The standard InChI is InChI=1S/C20H12Cl2N2O4/c1-27-18-5-3-14(22)8-16(18)24-20(26)11(9-23)6-12-10-28-17-4-2-13(21)7-15(17)19(12)25/h2-8,10H,1H3,(H,24,26)/b11-6+. The number of amides is 1. The van der Waals surface area contributed by atoms with Gasteiger partial charge >= 0.3 is 0 Å². The van der Waals surface area contributed by atoms with Crippen LogP contribution in [0.3, 0.4) is 0 Å². The Balaban J connectivity index is 1.99. The SMILES string of the molecule is COc1ccc(Cl)cc1NC(=O)/C(C#N)=C/c1coc2ccc(Cl)cc2c1=O. The summed E-state index contributed by atoms with van der Waals surface area (Å²) in [5.41, 5.74) is -0.0310. The Morgan fingerprint density at radius 1 is 1.21 bits per heavy atom. The molecule has 0 bridgehead atoms. The van der Waals surface area contributed by atoms with Crippen molar-refractivity contribution in [1.29, 1.82) is 5.26 Å². The van der Waals surface area contributed by atoms with E-state index >= 15 is 0 Å². The van der Waals surface area contributed by atoms with Crippen LogP contribution in [-0.4, -0.2) is 13.0 Å². The zero-order valence-corrected chi connectivity index (χ0v) is 16.0. The second-order valence-corrected chi connectivity index (χ2v) is 6.50. The largest absolute Gasteiger partial charge is 0.495 e. The highest BCUT2D eigenvalue weighted by molar-refractivity contribution is 6.31. The number of ether oxygens (including phenoxy) is 1. The smallest absolute Gasteiger partial charge is 0.266 e. The van der Waals surface area contributed by atoms with E-state index in [0.717, 1.165) is 6.08 Å². The highest BCUT2D eigenvalue weighted by Gasteiger charge is 2.15. The van der Waals surface area contributed by atoms with E-state index in [2.05, 4.69) is 5.32 Å². The van der Waals surface area contributed by atoms with E-state index in [0.29, 0.717) is 27.1 Å². The normalized spacial score (nSPS) is 11.1. The summed E-state index contributed by atoms with van der Waals surface area (Å²) in [5.74, 6) is -0.358. The fourth-order valence-electron chi connectivity index (χ4n) is 2.49. The van der Waals surface area contributed by atoms with Crippen molar-refractivity contribution >= 4 is 51.8 Å². The topological polar surface area (TPSA) is 92.3 Å². The summed E-state index contributed by atoms with van der Waals surface area (Å²) in [5, 5.41) is 12.9. The molecule has 6 nitrogen and oxygen atoms in total. The van der Waals surface area contributed by atoms with Crippen LogP contribution in [0.25, 0.3) is 17.0 Å². The van der Waals surface area contributed by atoms with Gasteiger partial charge in [0.25, 0.3) is 5.91 Å². The number of nitriles is 1. The lowest BCUT2D eigenvalue weighted by Crippen LogP contribution is -2.15. The third kappa shape index (κ3) is 4.01. The molecule has 1 amide bonds. The lowest BCUT2D eigenvalue weighted by atomic mass is 10.1. The van der Waals surface area contributed by atoms with Crippen molar-refractivity contribution in [1.82, 2.24) is 0 Å². The Kier molecular flexibility index (Phi) is 5.69. The number of fused-ring (bicyclic) bond motifs is 1. The van der Waals surface area contributed by atoms with Crippen molar-refractivity contribution in [2.24, 2.45) is 0 Å². The number of carbonyl (C=O) groups is 1. The molecule has 0 fully saturated rings. The average Bonchev–Trinajstić information content (AvgIpc) is 2.68. The second-order valence-electron chi connectivity index (χ2n) is 5.63. The van der Waals surface area contributed by atoms with E-state index in [9.17, 15) is 14.9 Å². The molecule has 0 aliphatic heterocycles. The van der Waals surface area contributed by atoms with E-state index in [1.54, 1.807) is 30.3 Å². The first-order chi connectivity index (χ1) is 13.4. The van der Waals surface area contributed by atoms with Gasteiger partial charge in [-0.2, -0.15) is 5.26 Å². The van der Waals surface area contributed by atoms with Crippen molar-refractivity contribution in [2.45, 2.75) is 0 Å². The fraction of sp³-hybridized carbons (Fsp3) is 0.0500. The van der Waals surface area contributed by atoms with Crippen LogP contribution < -0.4 is 15.5 Å². The predicted octanol–water partition coefficient (Wildman–Crippen LogP) is 4.65. The molecular formula is C20H12Cl2N2O4. The van der Waals surface area contributed by atoms with Crippen LogP contribution in [0.5, 0.6) is 5.75 Å². The van der Waals surface area contributed by atoms with Crippen LogP contribution >= 0.6 is 23.2 Å². The maximum Gasteiger partial charge on any atom is 0.266 e. The molecule has 0 aliphatic carbocycles. The highest BCUT2D eigenvalue weighted by Crippen LogP contribution is 2.28. The molecule has 1 N–H and O–H groups in total. The lowest BCUT2D eigenvalue weighted by Gasteiger charge is -2.10. The zero-order valence-electron chi connectivity index (χ0n) is 14.5. The van der Waals surface area contributed by atoms with E-state index in [1.165, 1.54) is 25.5 Å². The van der Waals surface area contributed by atoms with Gasteiger partial charge in [-0.05, 0) is 42.5 Å². The molecule has 1 heterocycles. The van der Waals surface area contributed by atoms with Gasteiger partial charge < -0.3 is 14.5 Å². The molecule has 3 aromatic rings. The number of methoxy groups -OCH3 is 1. The Morgan fingerprint density at radius 3 is 2.64 bits per heavy atom. The molecule has 0 aliphatic rings.